The molecule has 8 heteroatoms. The van der Waals surface area contributed by atoms with Crippen LogP contribution >= 0.6 is 11.3 Å². The van der Waals surface area contributed by atoms with Crippen LogP contribution in [0, 0.1) is 13.8 Å². The SMILES string of the molecule is Cc1nn(C)c(C)c1[C@@H](C)C(=O)Nc1nnc(-c2ccccn2)s1. The molecule has 0 radical (unpaired) electrons. The fourth-order valence-electron chi connectivity index (χ4n) is 2.63. The Morgan fingerprint density at radius 3 is 2.71 bits per heavy atom. The molecule has 0 unspecified atom stereocenters. The van der Waals surface area contributed by atoms with E-state index in [2.05, 4.69) is 25.6 Å². The highest BCUT2D eigenvalue weighted by Gasteiger charge is 2.23. The number of pyridine rings is 1. The van der Waals surface area contributed by atoms with Gasteiger partial charge in [0.15, 0.2) is 5.01 Å². The number of anilines is 1. The van der Waals surface area contributed by atoms with Crippen molar-refractivity contribution in [1.82, 2.24) is 25.0 Å². The lowest BCUT2D eigenvalue weighted by molar-refractivity contribution is -0.117. The molecule has 0 aliphatic carbocycles. The minimum Gasteiger partial charge on any atom is -0.300 e. The van der Waals surface area contributed by atoms with E-state index in [0.29, 0.717) is 10.1 Å². The summed E-state index contributed by atoms with van der Waals surface area (Å²) in [6.45, 7) is 5.74. The van der Waals surface area contributed by atoms with E-state index in [1.807, 2.05) is 46.0 Å². The van der Waals surface area contributed by atoms with Crippen molar-refractivity contribution >= 4 is 22.4 Å². The zero-order chi connectivity index (χ0) is 17.3. The van der Waals surface area contributed by atoms with E-state index >= 15 is 0 Å². The van der Waals surface area contributed by atoms with Crippen molar-refractivity contribution in [2.24, 2.45) is 7.05 Å². The molecule has 3 aromatic rings. The summed E-state index contributed by atoms with van der Waals surface area (Å²) in [5.41, 5.74) is 3.54. The van der Waals surface area contributed by atoms with E-state index in [1.165, 1.54) is 11.3 Å². The molecule has 24 heavy (non-hydrogen) atoms. The molecular weight excluding hydrogens is 324 g/mol. The van der Waals surface area contributed by atoms with Crippen LogP contribution in [0.5, 0.6) is 0 Å². The summed E-state index contributed by atoms with van der Waals surface area (Å²) in [5.74, 6) is -0.446. The molecule has 124 valence electrons. The van der Waals surface area contributed by atoms with Crippen LogP contribution in [0.1, 0.15) is 29.8 Å². The van der Waals surface area contributed by atoms with Gasteiger partial charge in [0.1, 0.15) is 5.69 Å². The highest BCUT2D eigenvalue weighted by molar-refractivity contribution is 7.18. The summed E-state index contributed by atoms with van der Waals surface area (Å²) in [7, 11) is 1.88. The minimum atomic E-state index is -0.319. The van der Waals surface area contributed by atoms with Gasteiger partial charge in [-0.3, -0.25) is 19.8 Å². The Morgan fingerprint density at radius 2 is 2.08 bits per heavy atom. The molecule has 0 spiro atoms. The molecule has 0 bridgehead atoms. The van der Waals surface area contributed by atoms with Crippen molar-refractivity contribution < 1.29 is 4.79 Å². The summed E-state index contributed by atoms with van der Waals surface area (Å²) in [6, 6.07) is 5.59. The second kappa shape index (κ2) is 6.48. The molecule has 1 N–H and O–H groups in total. The van der Waals surface area contributed by atoms with Gasteiger partial charge in [-0.25, -0.2) is 0 Å². The number of amides is 1. The second-order valence-electron chi connectivity index (χ2n) is 5.55. The summed E-state index contributed by atoms with van der Waals surface area (Å²) in [5, 5.41) is 16.5. The zero-order valence-corrected chi connectivity index (χ0v) is 14.8. The Hall–Kier alpha value is -2.61. The maximum Gasteiger partial charge on any atom is 0.233 e. The average molecular weight is 342 g/mol. The molecule has 0 saturated heterocycles. The number of nitrogens with one attached hydrogen (secondary N) is 1. The average Bonchev–Trinajstić information content (AvgIpc) is 3.13. The third-order valence-corrected chi connectivity index (χ3v) is 4.79. The smallest absolute Gasteiger partial charge is 0.233 e. The van der Waals surface area contributed by atoms with Crippen LogP contribution < -0.4 is 5.32 Å². The van der Waals surface area contributed by atoms with Crippen molar-refractivity contribution in [3.05, 3.63) is 41.3 Å². The quantitative estimate of drug-likeness (QED) is 0.788. The minimum absolute atomic E-state index is 0.127. The summed E-state index contributed by atoms with van der Waals surface area (Å²) >= 11 is 1.30. The van der Waals surface area contributed by atoms with E-state index in [9.17, 15) is 4.79 Å². The third-order valence-electron chi connectivity index (χ3n) is 3.93. The molecule has 0 aromatic carbocycles. The molecule has 7 nitrogen and oxygen atoms in total. The van der Waals surface area contributed by atoms with Crippen molar-refractivity contribution in [2.45, 2.75) is 26.7 Å². The third kappa shape index (κ3) is 3.05. The number of hydrogen-bond donors (Lipinski definition) is 1. The lowest BCUT2D eigenvalue weighted by Crippen LogP contribution is -2.19. The van der Waals surface area contributed by atoms with Crippen LogP contribution in [0.25, 0.3) is 10.7 Å². The lowest BCUT2D eigenvalue weighted by atomic mass is 9.98. The molecule has 1 atom stereocenters. The molecule has 1 amide bonds. The van der Waals surface area contributed by atoms with E-state index in [0.717, 1.165) is 22.6 Å². The second-order valence-corrected chi connectivity index (χ2v) is 6.52. The molecule has 3 rings (SSSR count). The van der Waals surface area contributed by atoms with Crippen molar-refractivity contribution in [3.63, 3.8) is 0 Å². The molecule has 0 aliphatic heterocycles. The van der Waals surface area contributed by atoms with Gasteiger partial charge in [-0.05, 0) is 32.9 Å². The zero-order valence-electron chi connectivity index (χ0n) is 13.9. The lowest BCUT2D eigenvalue weighted by Gasteiger charge is -2.11. The normalized spacial score (nSPS) is 12.2. The number of aromatic nitrogens is 5. The molecule has 0 aliphatic rings. The first kappa shape index (κ1) is 16.3. The maximum absolute atomic E-state index is 12.5. The van der Waals surface area contributed by atoms with Crippen molar-refractivity contribution in [1.29, 1.82) is 0 Å². The number of hydrogen-bond acceptors (Lipinski definition) is 6. The first-order valence-corrected chi connectivity index (χ1v) is 8.35. The van der Waals surface area contributed by atoms with Gasteiger partial charge in [0.25, 0.3) is 0 Å². The first-order chi connectivity index (χ1) is 11.5. The number of rotatable bonds is 4. The van der Waals surface area contributed by atoms with Gasteiger partial charge in [-0.1, -0.05) is 17.4 Å². The van der Waals surface area contributed by atoms with Gasteiger partial charge in [0.05, 0.1) is 11.6 Å². The Morgan fingerprint density at radius 1 is 1.29 bits per heavy atom. The number of nitrogens with zero attached hydrogens (tertiary/aromatic N) is 5. The number of aryl methyl sites for hydroxylation is 2. The van der Waals surface area contributed by atoms with Gasteiger partial charge in [-0.15, -0.1) is 10.2 Å². The fourth-order valence-corrected chi connectivity index (χ4v) is 3.35. The van der Waals surface area contributed by atoms with Crippen molar-refractivity contribution in [3.8, 4) is 10.7 Å². The van der Waals surface area contributed by atoms with Crippen molar-refractivity contribution in [2.75, 3.05) is 5.32 Å². The summed E-state index contributed by atoms with van der Waals surface area (Å²) in [4.78, 5) is 16.8. The van der Waals surface area contributed by atoms with Crippen LogP contribution in [0.2, 0.25) is 0 Å². The standard InChI is InChI=1S/C16H18N6OS/c1-9(13-10(2)21-22(4)11(13)3)14(23)18-16-20-19-15(24-16)12-7-5-6-8-17-12/h5-9H,1-4H3,(H,18,20,23)/t9-/m1/s1. The maximum atomic E-state index is 12.5. The molecule has 3 aromatic heterocycles. The topological polar surface area (TPSA) is 85.6 Å². The largest absolute Gasteiger partial charge is 0.300 e. The number of carbonyl (C=O) groups is 1. The Kier molecular flexibility index (Phi) is 4.39. The van der Waals surface area contributed by atoms with E-state index < -0.39 is 0 Å². The van der Waals surface area contributed by atoms with E-state index in [-0.39, 0.29) is 11.8 Å². The predicted octanol–water partition coefficient (Wildman–Crippen LogP) is 2.69. The summed E-state index contributed by atoms with van der Waals surface area (Å²) in [6.07, 6.45) is 1.70. The number of carbonyl (C=O) groups excluding carboxylic acids is 1. The van der Waals surface area contributed by atoms with Gasteiger partial charge < -0.3 is 0 Å². The van der Waals surface area contributed by atoms with E-state index in [4.69, 9.17) is 0 Å². The molecule has 0 fully saturated rings. The van der Waals surface area contributed by atoms with Gasteiger partial charge in [-0.2, -0.15) is 5.10 Å². The van der Waals surface area contributed by atoms with Crippen LogP contribution in [0.15, 0.2) is 24.4 Å². The van der Waals surface area contributed by atoms with Crippen LogP contribution in [-0.2, 0) is 11.8 Å². The van der Waals surface area contributed by atoms with Crippen LogP contribution in [0.3, 0.4) is 0 Å². The predicted molar refractivity (Wildman–Crippen MR) is 92.9 cm³/mol. The Bertz CT molecular complexity index is 870. The van der Waals surface area contributed by atoms with Gasteiger partial charge in [0.2, 0.25) is 11.0 Å². The Labute approximate surface area is 143 Å². The van der Waals surface area contributed by atoms with E-state index in [1.54, 1.807) is 10.9 Å². The molecule has 0 saturated carbocycles. The highest BCUT2D eigenvalue weighted by atomic mass is 32.1. The van der Waals surface area contributed by atoms with Gasteiger partial charge in [0, 0.05) is 24.5 Å². The monoisotopic (exact) mass is 342 g/mol. The fraction of sp³-hybridized carbons (Fsp3) is 0.312. The summed E-state index contributed by atoms with van der Waals surface area (Å²) < 4.78 is 1.79. The highest BCUT2D eigenvalue weighted by Crippen LogP contribution is 2.27. The molecule has 3 heterocycles. The first-order valence-electron chi connectivity index (χ1n) is 7.53. The molecular formula is C16H18N6OS. The van der Waals surface area contributed by atoms with Crippen LogP contribution in [0.4, 0.5) is 5.13 Å². The van der Waals surface area contributed by atoms with Crippen LogP contribution in [-0.4, -0.2) is 30.9 Å². The Balaban J connectivity index is 1.77. The van der Waals surface area contributed by atoms with Gasteiger partial charge >= 0.3 is 0 Å².